The van der Waals surface area contributed by atoms with Crippen molar-refractivity contribution in [3.63, 3.8) is 0 Å². The summed E-state index contributed by atoms with van der Waals surface area (Å²) in [6, 6.07) is 3.67. The maximum atomic E-state index is 12.8. The van der Waals surface area contributed by atoms with Crippen LogP contribution in [0.15, 0.2) is 22.3 Å². The van der Waals surface area contributed by atoms with Gasteiger partial charge in [-0.05, 0) is 30.7 Å². The number of nitrogens with zero attached hydrogens (tertiary/aromatic N) is 3. The molecule has 0 bridgehead atoms. The molecule has 1 N–H and O–H groups in total. The van der Waals surface area contributed by atoms with Crippen molar-refractivity contribution in [2.75, 3.05) is 19.6 Å². The maximum Gasteiger partial charge on any atom is 0.264 e. The van der Waals surface area contributed by atoms with Crippen LogP contribution in [0.5, 0.6) is 0 Å². The van der Waals surface area contributed by atoms with Crippen LogP contribution in [0.1, 0.15) is 65.8 Å². The monoisotopic (exact) mass is 428 g/mol. The first-order valence-corrected chi connectivity index (χ1v) is 11.6. The Kier molecular flexibility index (Phi) is 6.04. The van der Waals surface area contributed by atoms with Crippen LogP contribution in [0.3, 0.4) is 0 Å². The lowest BCUT2D eigenvalue weighted by molar-refractivity contribution is -0.136. The van der Waals surface area contributed by atoms with E-state index in [0.29, 0.717) is 35.8 Å². The quantitative estimate of drug-likeness (QED) is 0.811. The first kappa shape index (κ1) is 20.8. The van der Waals surface area contributed by atoms with Crippen LogP contribution in [0, 0.1) is 5.92 Å². The van der Waals surface area contributed by atoms with E-state index in [2.05, 4.69) is 4.98 Å². The molecular formula is C22H28N4O3S. The van der Waals surface area contributed by atoms with Gasteiger partial charge in [-0.15, -0.1) is 11.3 Å². The number of amides is 2. The van der Waals surface area contributed by atoms with Crippen molar-refractivity contribution in [3.05, 3.63) is 49.8 Å². The Morgan fingerprint density at radius 2 is 2.17 bits per heavy atom. The van der Waals surface area contributed by atoms with Gasteiger partial charge in [0.1, 0.15) is 5.82 Å². The van der Waals surface area contributed by atoms with Crippen molar-refractivity contribution < 1.29 is 9.59 Å². The van der Waals surface area contributed by atoms with Crippen molar-refractivity contribution in [2.45, 2.75) is 52.0 Å². The predicted molar refractivity (Wildman–Crippen MR) is 116 cm³/mol. The van der Waals surface area contributed by atoms with Crippen molar-refractivity contribution >= 4 is 23.2 Å². The molecule has 160 valence electrons. The fraction of sp³-hybridized carbons (Fsp3) is 0.545. The zero-order valence-corrected chi connectivity index (χ0v) is 18.3. The van der Waals surface area contributed by atoms with E-state index in [1.165, 1.54) is 11.3 Å². The minimum absolute atomic E-state index is 0.0196. The highest BCUT2D eigenvalue weighted by molar-refractivity contribution is 7.12. The molecule has 1 fully saturated rings. The van der Waals surface area contributed by atoms with Gasteiger partial charge in [0, 0.05) is 37.9 Å². The molecule has 0 radical (unpaired) electrons. The SMILES string of the molecule is CC[C@H](C)C(=O)N1CCC[C@@H](c2nc3c(c(=O)[nH]2)CN(C(=O)c2cccs2)CC3)C1. The van der Waals surface area contributed by atoms with E-state index in [-0.39, 0.29) is 35.8 Å². The Morgan fingerprint density at radius 1 is 1.33 bits per heavy atom. The van der Waals surface area contributed by atoms with Crippen molar-refractivity contribution in [3.8, 4) is 0 Å². The van der Waals surface area contributed by atoms with Crippen LogP contribution in [0.2, 0.25) is 0 Å². The zero-order chi connectivity index (χ0) is 21.3. The molecule has 7 nitrogen and oxygen atoms in total. The Morgan fingerprint density at radius 3 is 2.90 bits per heavy atom. The Bertz CT molecular complexity index is 985. The summed E-state index contributed by atoms with van der Waals surface area (Å²) in [5.41, 5.74) is 1.21. The molecule has 2 aromatic rings. The molecule has 2 aliphatic rings. The van der Waals surface area contributed by atoms with Gasteiger partial charge in [-0.2, -0.15) is 0 Å². The number of rotatable bonds is 4. The largest absolute Gasteiger partial charge is 0.342 e. The average Bonchev–Trinajstić information content (AvgIpc) is 3.32. The minimum atomic E-state index is -0.163. The van der Waals surface area contributed by atoms with Crippen LogP contribution >= 0.6 is 11.3 Å². The van der Waals surface area contributed by atoms with Crippen molar-refractivity contribution in [1.29, 1.82) is 0 Å². The van der Waals surface area contributed by atoms with Gasteiger partial charge in [0.15, 0.2) is 0 Å². The van der Waals surface area contributed by atoms with Crippen LogP contribution in [0.4, 0.5) is 0 Å². The molecular weight excluding hydrogens is 400 g/mol. The fourth-order valence-corrected chi connectivity index (χ4v) is 4.94. The van der Waals surface area contributed by atoms with Gasteiger partial charge in [0.25, 0.3) is 11.5 Å². The number of hydrogen-bond donors (Lipinski definition) is 1. The number of carbonyl (C=O) groups is 2. The summed E-state index contributed by atoms with van der Waals surface area (Å²) in [5, 5.41) is 1.88. The van der Waals surface area contributed by atoms with Gasteiger partial charge in [-0.25, -0.2) is 4.98 Å². The van der Waals surface area contributed by atoms with Crippen LogP contribution in [-0.2, 0) is 17.8 Å². The maximum absolute atomic E-state index is 12.8. The summed E-state index contributed by atoms with van der Waals surface area (Å²) in [6.07, 6.45) is 3.23. The summed E-state index contributed by atoms with van der Waals surface area (Å²) in [4.78, 5) is 50.2. The second-order valence-electron chi connectivity index (χ2n) is 8.26. The summed E-state index contributed by atoms with van der Waals surface area (Å²) in [5.74, 6) is 0.899. The molecule has 0 aromatic carbocycles. The van der Waals surface area contributed by atoms with E-state index >= 15 is 0 Å². The number of H-pyrrole nitrogens is 1. The van der Waals surface area contributed by atoms with Gasteiger partial charge in [0.05, 0.1) is 22.7 Å². The van der Waals surface area contributed by atoms with E-state index < -0.39 is 0 Å². The topological polar surface area (TPSA) is 86.4 Å². The average molecular weight is 429 g/mol. The number of aromatic amines is 1. The van der Waals surface area contributed by atoms with Gasteiger partial charge >= 0.3 is 0 Å². The van der Waals surface area contributed by atoms with Crippen LogP contribution < -0.4 is 5.56 Å². The van der Waals surface area contributed by atoms with E-state index in [1.807, 2.05) is 36.3 Å². The molecule has 0 spiro atoms. The molecule has 30 heavy (non-hydrogen) atoms. The van der Waals surface area contributed by atoms with Gasteiger partial charge < -0.3 is 14.8 Å². The van der Waals surface area contributed by atoms with E-state index in [1.54, 1.807) is 4.90 Å². The van der Waals surface area contributed by atoms with Crippen molar-refractivity contribution in [2.24, 2.45) is 5.92 Å². The summed E-state index contributed by atoms with van der Waals surface area (Å²) in [6.45, 7) is 6.22. The first-order chi connectivity index (χ1) is 14.5. The third-order valence-electron chi connectivity index (χ3n) is 6.26. The van der Waals surface area contributed by atoms with E-state index in [4.69, 9.17) is 4.98 Å². The zero-order valence-electron chi connectivity index (χ0n) is 17.5. The molecule has 0 unspecified atom stereocenters. The lowest BCUT2D eigenvalue weighted by Crippen LogP contribution is -2.43. The third kappa shape index (κ3) is 4.05. The Hall–Kier alpha value is -2.48. The first-order valence-electron chi connectivity index (χ1n) is 10.7. The van der Waals surface area contributed by atoms with Crippen LogP contribution in [-0.4, -0.2) is 51.2 Å². The number of hydrogen-bond acceptors (Lipinski definition) is 5. The highest BCUT2D eigenvalue weighted by Crippen LogP contribution is 2.27. The van der Waals surface area contributed by atoms with Crippen molar-refractivity contribution in [1.82, 2.24) is 19.8 Å². The molecule has 2 amide bonds. The third-order valence-corrected chi connectivity index (χ3v) is 7.12. The fourth-order valence-electron chi connectivity index (χ4n) is 4.25. The van der Waals surface area contributed by atoms with Gasteiger partial charge in [-0.3, -0.25) is 14.4 Å². The molecule has 4 heterocycles. The number of likely N-dealkylation sites (tertiary alicyclic amines) is 1. The lowest BCUT2D eigenvalue weighted by Gasteiger charge is -2.34. The summed E-state index contributed by atoms with van der Waals surface area (Å²) in [7, 11) is 0. The number of thiophene rings is 1. The number of fused-ring (bicyclic) bond motifs is 1. The summed E-state index contributed by atoms with van der Waals surface area (Å²) >= 11 is 1.41. The second-order valence-corrected chi connectivity index (χ2v) is 9.21. The molecule has 0 saturated carbocycles. The van der Waals surface area contributed by atoms with Gasteiger partial charge in [-0.1, -0.05) is 19.9 Å². The molecule has 2 aromatic heterocycles. The normalized spacial score (nSPS) is 20.0. The van der Waals surface area contributed by atoms with Gasteiger partial charge in [0.2, 0.25) is 5.91 Å². The highest BCUT2D eigenvalue weighted by Gasteiger charge is 2.30. The molecule has 4 rings (SSSR count). The van der Waals surface area contributed by atoms with E-state index in [0.717, 1.165) is 31.5 Å². The molecule has 0 aliphatic carbocycles. The molecule has 2 aliphatic heterocycles. The Balaban J connectivity index is 1.51. The Labute approximate surface area is 180 Å². The smallest absolute Gasteiger partial charge is 0.264 e. The summed E-state index contributed by atoms with van der Waals surface area (Å²) < 4.78 is 0. The predicted octanol–water partition coefficient (Wildman–Crippen LogP) is 2.78. The van der Waals surface area contributed by atoms with Crippen LogP contribution in [0.25, 0.3) is 0 Å². The highest BCUT2D eigenvalue weighted by atomic mass is 32.1. The number of piperidine rings is 1. The minimum Gasteiger partial charge on any atom is -0.342 e. The molecule has 1 saturated heterocycles. The number of carbonyl (C=O) groups excluding carboxylic acids is 2. The number of nitrogens with one attached hydrogen (secondary N) is 1. The molecule has 2 atom stereocenters. The lowest BCUT2D eigenvalue weighted by atomic mass is 9.95. The number of aromatic nitrogens is 2. The standard InChI is InChI=1S/C22H28N4O3S/c1-3-14(2)21(28)25-9-4-6-15(12-25)19-23-17-8-10-26(13-16(17)20(27)24-19)22(29)18-7-5-11-30-18/h5,7,11,14-15H,3-4,6,8-10,12-13H2,1-2H3,(H,23,24,27)/t14-,15+/m0/s1. The molecule has 8 heteroatoms. The van der Waals surface area contributed by atoms with E-state index in [9.17, 15) is 14.4 Å². The second kappa shape index (κ2) is 8.71.